The van der Waals surface area contributed by atoms with Gasteiger partial charge in [-0.05, 0) is 124 Å². The van der Waals surface area contributed by atoms with Crippen LogP contribution in [0.5, 0.6) is 0 Å². The van der Waals surface area contributed by atoms with Gasteiger partial charge in [0.15, 0.2) is 0 Å². The molecule has 7 aromatic carbocycles. The summed E-state index contributed by atoms with van der Waals surface area (Å²) in [5, 5.41) is 5.24. The maximum absolute atomic E-state index is 5.76. The largest absolute Gasteiger partial charge is 0.456 e. The van der Waals surface area contributed by atoms with Crippen LogP contribution >= 0.6 is 11.3 Å². The molecule has 0 atom stereocenters. The Balaban J connectivity index is 0.000000117. The average molecular weight is 752 g/mol. The van der Waals surface area contributed by atoms with Crippen LogP contribution in [-0.2, 0) is 5.41 Å². The van der Waals surface area contributed by atoms with Crippen LogP contribution in [0.3, 0.4) is 0 Å². The number of fused-ring (bicyclic) bond motifs is 9. The van der Waals surface area contributed by atoms with Gasteiger partial charge in [-0.3, -0.25) is 0 Å². The third-order valence-electron chi connectivity index (χ3n) is 10.8. The van der Waals surface area contributed by atoms with E-state index in [0.29, 0.717) is 0 Å². The second kappa shape index (κ2) is 15.8. The van der Waals surface area contributed by atoms with E-state index in [1.165, 1.54) is 92.3 Å². The number of anilines is 1. The van der Waals surface area contributed by atoms with Crippen molar-refractivity contribution in [3.8, 4) is 11.1 Å². The predicted molar refractivity (Wildman–Crippen MR) is 246 cm³/mol. The third kappa shape index (κ3) is 8.01. The molecular formula is C53H53NOS. The first-order valence-electron chi connectivity index (χ1n) is 19.5. The highest BCUT2D eigenvalue weighted by Crippen LogP contribution is 2.49. The number of rotatable bonds is 1. The Hall–Kier alpha value is -5.64. The quantitative estimate of drug-likeness (QED) is 0.166. The lowest BCUT2D eigenvalue weighted by Gasteiger charge is -2.21. The van der Waals surface area contributed by atoms with Crippen LogP contribution in [0, 0.1) is 41.5 Å². The molecule has 3 heteroatoms. The van der Waals surface area contributed by atoms with E-state index in [4.69, 9.17) is 4.42 Å². The van der Waals surface area contributed by atoms with Gasteiger partial charge in [0.1, 0.15) is 11.2 Å². The van der Waals surface area contributed by atoms with Gasteiger partial charge >= 0.3 is 0 Å². The van der Waals surface area contributed by atoms with E-state index in [0.717, 1.165) is 11.2 Å². The average Bonchev–Trinajstić information content (AvgIpc) is 3.79. The van der Waals surface area contributed by atoms with Crippen molar-refractivity contribution in [2.75, 3.05) is 19.0 Å². The van der Waals surface area contributed by atoms with Crippen molar-refractivity contribution in [2.45, 2.75) is 60.8 Å². The SMILES string of the molecule is CN(C)c1ccccc1.Cc1ccc2c(c1)-c1cc(C)ccc1C2(C)C.Cc1ccc2oc3ccc(C)cc3c2c1.Cc1ccc2sc3ccc(C)cc3c2c1. The van der Waals surface area contributed by atoms with Crippen molar-refractivity contribution in [2.24, 2.45) is 0 Å². The fourth-order valence-corrected chi connectivity index (χ4v) is 8.80. The zero-order valence-corrected chi connectivity index (χ0v) is 35.4. The minimum Gasteiger partial charge on any atom is -0.456 e. The molecule has 2 nitrogen and oxygen atoms in total. The summed E-state index contributed by atoms with van der Waals surface area (Å²) in [5.74, 6) is 0. The van der Waals surface area contributed by atoms with Gasteiger partial charge < -0.3 is 9.32 Å². The fourth-order valence-electron chi connectivity index (χ4n) is 7.73. The summed E-state index contributed by atoms with van der Waals surface area (Å²) in [6.45, 7) is 17.5. The van der Waals surface area contributed by atoms with Gasteiger partial charge in [0.2, 0.25) is 0 Å². The Bertz CT molecular complexity index is 2530. The Morgan fingerprint density at radius 2 is 0.804 bits per heavy atom. The van der Waals surface area contributed by atoms with Gasteiger partial charge in [0.05, 0.1) is 0 Å². The molecule has 0 aliphatic heterocycles. The molecule has 0 radical (unpaired) electrons. The number of hydrogen-bond donors (Lipinski definition) is 0. The predicted octanol–water partition coefficient (Wildman–Crippen LogP) is 15.2. The van der Waals surface area contributed by atoms with E-state index < -0.39 is 0 Å². The Labute approximate surface area is 337 Å². The minimum absolute atomic E-state index is 0.145. The van der Waals surface area contributed by atoms with Crippen LogP contribution in [0.25, 0.3) is 53.2 Å². The van der Waals surface area contributed by atoms with Gasteiger partial charge in [-0.1, -0.05) is 126 Å². The number of nitrogens with zero attached hydrogens (tertiary/aromatic N) is 1. The zero-order chi connectivity index (χ0) is 39.7. The lowest BCUT2D eigenvalue weighted by molar-refractivity contribution is 0.660. The first-order valence-corrected chi connectivity index (χ1v) is 20.3. The molecule has 0 unspecified atom stereocenters. The molecule has 9 aromatic rings. The zero-order valence-electron chi connectivity index (χ0n) is 34.5. The van der Waals surface area contributed by atoms with Gasteiger partial charge in [-0.15, -0.1) is 11.3 Å². The lowest BCUT2D eigenvalue weighted by Crippen LogP contribution is -2.14. The summed E-state index contributed by atoms with van der Waals surface area (Å²) in [7, 11) is 4.07. The Morgan fingerprint density at radius 1 is 0.429 bits per heavy atom. The molecule has 0 N–H and O–H groups in total. The highest BCUT2D eigenvalue weighted by Gasteiger charge is 2.35. The van der Waals surface area contributed by atoms with Gasteiger partial charge in [-0.2, -0.15) is 0 Å². The van der Waals surface area contributed by atoms with Crippen LogP contribution in [-0.4, -0.2) is 14.1 Å². The summed E-state index contributed by atoms with van der Waals surface area (Å²) >= 11 is 1.88. The van der Waals surface area contributed by atoms with Crippen LogP contribution in [0.4, 0.5) is 5.69 Å². The summed E-state index contributed by atoms with van der Waals surface area (Å²) in [6, 6.07) is 49.9. The van der Waals surface area contributed by atoms with Crippen molar-refractivity contribution in [1.29, 1.82) is 0 Å². The van der Waals surface area contributed by atoms with Crippen LogP contribution in [0.1, 0.15) is 58.4 Å². The lowest BCUT2D eigenvalue weighted by atomic mass is 9.82. The summed E-state index contributed by atoms with van der Waals surface area (Å²) in [5.41, 5.74) is 17.0. The molecule has 2 aromatic heterocycles. The molecule has 0 saturated carbocycles. The first kappa shape index (κ1) is 38.6. The molecule has 0 fully saturated rings. The minimum atomic E-state index is 0.145. The Kier molecular flexibility index (Phi) is 10.9. The molecule has 10 rings (SSSR count). The van der Waals surface area contributed by atoms with Crippen LogP contribution < -0.4 is 4.90 Å². The monoisotopic (exact) mass is 751 g/mol. The molecule has 282 valence electrons. The van der Waals surface area contributed by atoms with Crippen molar-refractivity contribution in [1.82, 2.24) is 0 Å². The molecule has 0 bridgehead atoms. The van der Waals surface area contributed by atoms with Crippen LogP contribution in [0.15, 0.2) is 144 Å². The fraction of sp³-hybridized carbons (Fsp3) is 0.208. The molecule has 0 amide bonds. The summed E-state index contributed by atoms with van der Waals surface area (Å²) in [4.78, 5) is 2.08. The second-order valence-corrected chi connectivity index (χ2v) is 17.2. The summed E-state index contributed by atoms with van der Waals surface area (Å²) in [6.07, 6.45) is 0. The maximum atomic E-state index is 5.76. The smallest absolute Gasteiger partial charge is 0.135 e. The molecular weight excluding hydrogens is 699 g/mol. The highest BCUT2D eigenvalue weighted by molar-refractivity contribution is 7.25. The maximum Gasteiger partial charge on any atom is 0.135 e. The standard InChI is InChI=1S/C17H18.C14H12O.C14H12S.C8H11N/c1-11-5-7-15-13(9-11)14-10-12(2)6-8-16(14)17(15,3)4;2*1-9-3-5-13-11(7-9)12-8-10(2)4-6-14(12)15-13;1-9(2)8-6-4-3-5-7-8/h5-10H,1-4H3;2*3-8H,1-2H3;3-7H,1-2H3. The molecule has 1 aliphatic rings. The van der Waals surface area contributed by atoms with Crippen molar-refractivity contribution >= 4 is 59.1 Å². The summed E-state index contributed by atoms with van der Waals surface area (Å²) < 4.78 is 8.54. The number of benzene rings is 7. The van der Waals surface area contributed by atoms with E-state index in [1.807, 2.05) is 55.8 Å². The molecule has 0 saturated heterocycles. The topological polar surface area (TPSA) is 16.4 Å². The molecule has 0 spiro atoms. The number of para-hydroxylation sites is 1. The van der Waals surface area contributed by atoms with Crippen molar-refractivity contribution < 1.29 is 4.42 Å². The number of aryl methyl sites for hydroxylation is 6. The normalized spacial score (nSPS) is 12.2. The Morgan fingerprint density at radius 3 is 1.21 bits per heavy atom. The first-order chi connectivity index (χ1) is 26.8. The highest BCUT2D eigenvalue weighted by atomic mass is 32.1. The van der Waals surface area contributed by atoms with E-state index in [9.17, 15) is 0 Å². The number of hydrogen-bond acceptors (Lipinski definition) is 3. The second-order valence-electron chi connectivity index (χ2n) is 16.2. The van der Waals surface area contributed by atoms with Gasteiger partial charge in [0, 0.05) is 56.1 Å². The van der Waals surface area contributed by atoms with E-state index >= 15 is 0 Å². The third-order valence-corrected chi connectivity index (χ3v) is 12.0. The van der Waals surface area contributed by atoms with Crippen LogP contribution in [0.2, 0.25) is 0 Å². The van der Waals surface area contributed by atoms with E-state index in [2.05, 4.69) is 169 Å². The van der Waals surface area contributed by atoms with Crippen molar-refractivity contribution in [3.63, 3.8) is 0 Å². The number of thiophene rings is 1. The van der Waals surface area contributed by atoms with Gasteiger partial charge in [0.25, 0.3) is 0 Å². The van der Waals surface area contributed by atoms with E-state index in [-0.39, 0.29) is 5.41 Å². The van der Waals surface area contributed by atoms with Crippen molar-refractivity contribution in [3.05, 3.63) is 184 Å². The molecule has 56 heavy (non-hydrogen) atoms. The molecule has 2 heterocycles. The molecule has 1 aliphatic carbocycles. The van der Waals surface area contributed by atoms with E-state index in [1.54, 1.807) is 0 Å². The van der Waals surface area contributed by atoms with Gasteiger partial charge in [-0.25, -0.2) is 0 Å². The number of furan rings is 1.